The monoisotopic (exact) mass is 431 g/mol. The van der Waals surface area contributed by atoms with Crippen molar-refractivity contribution in [3.8, 4) is 11.5 Å². The molecule has 28 heavy (non-hydrogen) atoms. The minimum absolute atomic E-state index is 0.121. The Labute approximate surface area is 178 Å². The van der Waals surface area contributed by atoms with E-state index in [-0.39, 0.29) is 5.91 Å². The maximum atomic E-state index is 12.5. The van der Waals surface area contributed by atoms with Gasteiger partial charge in [-0.3, -0.25) is 9.69 Å². The molecule has 0 radical (unpaired) electrons. The van der Waals surface area contributed by atoms with Crippen molar-refractivity contribution in [2.24, 2.45) is 0 Å². The summed E-state index contributed by atoms with van der Waals surface area (Å²) in [6.07, 6.45) is 3.45. The van der Waals surface area contributed by atoms with Crippen LogP contribution in [0.15, 0.2) is 60.0 Å². The van der Waals surface area contributed by atoms with Crippen molar-refractivity contribution in [3.05, 3.63) is 76.2 Å². The number of ether oxygens (including phenoxy) is 2. The van der Waals surface area contributed by atoms with Crippen LogP contribution in [-0.4, -0.2) is 28.8 Å². The molecule has 0 saturated carbocycles. The van der Waals surface area contributed by atoms with Gasteiger partial charge in [0.1, 0.15) is 10.9 Å². The van der Waals surface area contributed by atoms with Gasteiger partial charge in [-0.2, -0.15) is 0 Å². The van der Waals surface area contributed by atoms with E-state index in [1.165, 1.54) is 16.7 Å². The summed E-state index contributed by atoms with van der Waals surface area (Å²) < 4.78 is 11.8. The second kappa shape index (κ2) is 9.28. The Bertz CT molecular complexity index is 958. The largest absolute Gasteiger partial charge is 0.493 e. The van der Waals surface area contributed by atoms with Gasteiger partial charge < -0.3 is 9.47 Å². The second-order valence-electron chi connectivity index (χ2n) is 5.87. The predicted octanol–water partition coefficient (Wildman–Crippen LogP) is 5.31. The molecule has 0 unspecified atom stereocenters. The van der Waals surface area contributed by atoms with Crippen LogP contribution in [0.1, 0.15) is 11.1 Å². The van der Waals surface area contributed by atoms with E-state index in [0.29, 0.717) is 38.9 Å². The maximum Gasteiger partial charge on any atom is 0.266 e. The molecule has 1 aliphatic heterocycles. The van der Waals surface area contributed by atoms with Crippen LogP contribution in [0.3, 0.4) is 0 Å². The average molecular weight is 432 g/mol. The maximum absolute atomic E-state index is 12.5. The molecule has 3 rings (SSSR count). The number of hydrogen-bond acceptors (Lipinski definition) is 5. The van der Waals surface area contributed by atoms with E-state index in [0.717, 1.165) is 11.1 Å². The van der Waals surface area contributed by atoms with Gasteiger partial charge in [-0.15, -0.1) is 6.58 Å². The normalized spacial score (nSPS) is 15.2. The van der Waals surface area contributed by atoms with Gasteiger partial charge in [0.25, 0.3) is 5.91 Å². The highest BCUT2D eigenvalue weighted by atomic mass is 35.5. The number of amides is 1. The molecule has 0 aromatic heterocycles. The highest BCUT2D eigenvalue weighted by Crippen LogP contribution is 2.35. The number of halogens is 1. The summed E-state index contributed by atoms with van der Waals surface area (Å²) in [7, 11) is 1.58. The number of methoxy groups -OCH3 is 1. The number of carbonyl (C=O) groups excluding carboxylic acids is 1. The number of nitrogens with zero attached hydrogens (tertiary/aromatic N) is 1. The predicted molar refractivity (Wildman–Crippen MR) is 119 cm³/mol. The first-order valence-corrected chi connectivity index (χ1v) is 10.0. The summed E-state index contributed by atoms with van der Waals surface area (Å²) >= 11 is 12.7. The lowest BCUT2D eigenvalue weighted by Gasteiger charge is -2.12. The zero-order chi connectivity index (χ0) is 20.1. The van der Waals surface area contributed by atoms with Crippen molar-refractivity contribution in [3.63, 3.8) is 0 Å². The molecule has 1 aliphatic rings. The lowest BCUT2D eigenvalue weighted by Crippen LogP contribution is -2.27. The molecule has 144 valence electrons. The Morgan fingerprint density at radius 3 is 2.75 bits per heavy atom. The SMILES string of the molecule is C=CCN1C(=O)/C(=C/c2ccc(OC)c(OCc3ccccc3Cl)c2)SC1=S. The van der Waals surface area contributed by atoms with Crippen LogP contribution in [0, 0.1) is 0 Å². The van der Waals surface area contributed by atoms with Crippen LogP contribution < -0.4 is 9.47 Å². The fraction of sp³-hybridized carbons (Fsp3) is 0.143. The summed E-state index contributed by atoms with van der Waals surface area (Å²) in [4.78, 5) is 14.6. The quantitative estimate of drug-likeness (QED) is 0.337. The summed E-state index contributed by atoms with van der Waals surface area (Å²) in [5.74, 6) is 1.05. The van der Waals surface area contributed by atoms with E-state index in [1.54, 1.807) is 25.3 Å². The van der Waals surface area contributed by atoms with Crippen LogP contribution in [0.25, 0.3) is 6.08 Å². The third-order valence-electron chi connectivity index (χ3n) is 4.01. The van der Waals surface area contributed by atoms with E-state index in [1.807, 2.05) is 36.4 Å². The fourth-order valence-electron chi connectivity index (χ4n) is 2.60. The van der Waals surface area contributed by atoms with Crippen molar-refractivity contribution in [1.82, 2.24) is 4.90 Å². The van der Waals surface area contributed by atoms with Gasteiger partial charge in [-0.05, 0) is 29.8 Å². The molecular weight excluding hydrogens is 414 g/mol. The smallest absolute Gasteiger partial charge is 0.266 e. The molecule has 1 fully saturated rings. The van der Waals surface area contributed by atoms with Crippen molar-refractivity contribution >= 4 is 51.9 Å². The number of rotatable bonds is 7. The van der Waals surface area contributed by atoms with E-state index in [2.05, 4.69) is 6.58 Å². The molecule has 1 amide bonds. The van der Waals surface area contributed by atoms with E-state index in [9.17, 15) is 4.79 Å². The molecule has 0 spiro atoms. The lowest BCUT2D eigenvalue weighted by atomic mass is 10.1. The first kappa shape index (κ1) is 20.5. The fourth-order valence-corrected chi connectivity index (χ4v) is 4.07. The first-order chi connectivity index (χ1) is 13.5. The second-order valence-corrected chi connectivity index (χ2v) is 7.95. The van der Waals surface area contributed by atoms with E-state index in [4.69, 9.17) is 33.3 Å². The number of thiocarbonyl (C=S) groups is 1. The van der Waals surface area contributed by atoms with E-state index >= 15 is 0 Å². The topological polar surface area (TPSA) is 38.8 Å². The number of hydrogen-bond donors (Lipinski definition) is 0. The van der Waals surface area contributed by atoms with Crippen molar-refractivity contribution in [2.45, 2.75) is 6.61 Å². The van der Waals surface area contributed by atoms with Crippen molar-refractivity contribution in [2.75, 3.05) is 13.7 Å². The van der Waals surface area contributed by atoms with Gasteiger partial charge in [0.15, 0.2) is 11.5 Å². The lowest BCUT2D eigenvalue weighted by molar-refractivity contribution is -0.121. The zero-order valence-corrected chi connectivity index (χ0v) is 17.6. The summed E-state index contributed by atoms with van der Waals surface area (Å²) in [5.41, 5.74) is 1.69. The number of carbonyl (C=O) groups is 1. The van der Waals surface area contributed by atoms with Crippen LogP contribution in [0.2, 0.25) is 5.02 Å². The van der Waals surface area contributed by atoms with Gasteiger partial charge >= 0.3 is 0 Å². The Hall–Kier alpha value is -2.28. The van der Waals surface area contributed by atoms with Gasteiger partial charge in [0, 0.05) is 17.1 Å². The Kier molecular flexibility index (Phi) is 6.78. The van der Waals surface area contributed by atoms with Crippen LogP contribution in [-0.2, 0) is 11.4 Å². The zero-order valence-electron chi connectivity index (χ0n) is 15.2. The Balaban J connectivity index is 1.83. The van der Waals surface area contributed by atoms with Gasteiger partial charge in [-0.25, -0.2) is 0 Å². The highest BCUT2D eigenvalue weighted by molar-refractivity contribution is 8.26. The van der Waals surface area contributed by atoms with Gasteiger partial charge in [0.05, 0.1) is 12.0 Å². The Morgan fingerprint density at radius 1 is 1.25 bits per heavy atom. The standard InChI is InChI=1S/C21H18ClNO3S2/c1-3-10-23-20(24)19(28-21(23)27)12-14-8-9-17(25-2)18(11-14)26-13-15-6-4-5-7-16(15)22/h3-9,11-12H,1,10,13H2,2H3/b19-12-. The molecule has 7 heteroatoms. The van der Waals surface area contributed by atoms with Crippen LogP contribution in [0.4, 0.5) is 0 Å². The molecule has 1 saturated heterocycles. The third kappa shape index (κ3) is 4.58. The number of thioether (sulfide) groups is 1. The van der Waals surface area contributed by atoms with E-state index < -0.39 is 0 Å². The van der Waals surface area contributed by atoms with Gasteiger partial charge in [-0.1, -0.05) is 65.9 Å². The Morgan fingerprint density at radius 2 is 2.04 bits per heavy atom. The first-order valence-electron chi connectivity index (χ1n) is 8.44. The molecule has 2 aromatic rings. The molecule has 0 N–H and O–H groups in total. The number of benzene rings is 2. The van der Waals surface area contributed by atoms with Crippen molar-refractivity contribution < 1.29 is 14.3 Å². The third-order valence-corrected chi connectivity index (χ3v) is 5.76. The average Bonchev–Trinajstić information content (AvgIpc) is 2.95. The van der Waals surface area contributed by atoms with Gasteiger partial charge in [0.2, 0.25) is 0 Å². The summed E-state index contributed by atoms with van der Waals surface area (Å²) in [6.45, 7) is 4.37. The minimum Gasteiger partial charge on any atom is -0.493 e. The highest BCUT2D eigenvalue weighted by Gasteiger charge is 2.31. The molecule has 1 heterocycles. The molecular formula is C21H18ClNO3S2. The summed E-state index contributed by atoms with van der Waals surface area (Å²) in [5, 5.41) is 0.642. The molecule has 0 atom stereocenters. The van der Waals surface area contributed by atoms with Crippen LogP contribution >= 0.6 is 35.6 Å². The van der Waals surface area contributed by atoms with Crippen LogP contribution in [0.5, 0.6) is 11.5 Å². The summed E-state index contributed by atoms with van der Waals surface area (Å²) in [6, 6.07) is 13.0. The molecule has 0 bridgehead atoms. The molecule has 0 aliphatic carbocycles. The van der Waals surface area contributed by atoms with Crippen molar-refractivity contribution in [1.29, 1.82) is 0 Å². The minimum atomic E-state index is -0.121. The molecule has 2 aromatic carbocycles. The molecule has 4 nitrogen and oxygen atoms in total.